The van der Waals surface area contributed by atoms with E-state index in [4.69, 9.17) is 4.84 Å². The molecule has 3 aromatic carbocycles. The molecule has 0 aromatic heterocycles. The molecule has 5 heteroatoms. The van der Waals surface area contributed by atoms with E-state index in [9.17, 15) is 14.9 Å². The first-order valence-corrected chi connectivity index (χ1v) is 10.5. The van der Waals surface area contributed by atoms with E-state index in [1.54, 1.807) is 0 Å². The summed E-state index contributed by atoms with van der Waals surface area (Å²) >= 11 is 0. The van der Waals surface area contributed by atoms with Gasteiger partial charge in [-0.1, -0.05) is 85.6 Å². The standard InChI is InChI=1S/C26H26N2O3/c27-19-26(31-28-20-29,24-16-10-14-21-11-7-8-15-23(21)24)18-9-2-1-6-17-25(30)22-12-4-3-5-13-22/h3-5,7-8,10-16,20H,1-2,6,9,17-18H2,(H,28,29). The number of hydrogen-bond acceptors (Lipinski definition) is 4. The Morgan fingerprint density at radius 2 is 1.65 bits per heavy atom. The van der Waals surface area contributed by atoms with Gasteiger partial charge >= 0.3 is 0 Å². The van der Waals surface area contributed by atoms with E-state index in [0.717, 1.165) is 47.6 Å². The van der Waals surface area contributed by atoms with Gasteiger partial charge < -0.3 is 0 Å². The average Bonchev–Trinajstić information content (AvgIpc) is 2.83. The van der Waals surface area contributed by atoms with Crippen LogP contribution < -0.4 is 5.48 Å². The van der Waals surface area contributed by atoms with Gasteiger partial charge in [0, 0.05) is 17.5 Å². The summed E-state index contributed by atoms with van der Waals surface area (Å²) in [6.07, 6.45) is 4.67. The van der Waals surface area contributed by atoms with Crippen LogP contribution in [0.2, 0.25) is 0 Å². The Hall–Kier alpha value is -3.49. The molecule has 158 valence electrons. The second kappa shape index (κ2) is 11.1. The molecule has 1 atom stereocenters. The third kappa shape index (κ3) is 5.56. The Labute approximate surface area is 182 Å². The maximum Gasteiger partial charge on any atom is 0.230 e. The van der Waals surface area contributed by atoms with Crippen molar-refractivity contribution in [1.29, 1.82) is 5.26 Å². The summed E-state index contributed by atoms with van der Waals surface area (Å²) < 4.78 is 0. The van der Waals surface area contributed by atoms with Crippen LogP contribution >= 0.6 is 0 Å². The number of carbonyl (C=O) groups is 2. The number of ketones is 1. The van der Waals surface area contributed by atoms with Gasteiger partial charge in [0.05, 0.1) is 0 Å². The van der Waals surface area contributed by atoms with E-state index < -0.39 is 5.60 Å². The maximum atomic E-state index is 12.2. The van der Waals surface area contributed by atoms with Crippen LogP contribution in [-0.2, 0) is 15.2 Å². The molecular formula is C26H26N2O3. The van der Waals surface area contributed by atoms with Gasteiger partial charge in [0.1, 0.15) is 6.07 Å². The summed E-state index contributed by atoms with van der Waals surface area (Å²) in [6, 6.07) is 25.2. The molecule has 1 amide bonds. The Kier molecular flexibility index (Phi) is 7.91. The third-order valence-corrected chi connectivity index (χ3v) is 5.47. The smallest absolute Gasteiger partial charge is 0.230 e. The summed E-state index contributed by atoms with van der Waals surface area (Å²) in [5.74, 6) is 0.154. The number of Topliss-reactive ketones (excluding diaryl/α,β-unsaturated/α-hetero) is 1. The van der Waals surface area contributed by atoms with Crippen LogP contribution in [0.15, 0.2) is 72.8 Å². The lowest BCUT2D eigenvalue weighted by molar-refractivity contribution is -0.134. The minimum atomic E-state index is -1.28. The zero-order valence-electron chi connectivity index (χ0n) is 17.4. The SMILES string of the molecule is N#CC(CCCCCCC(=O)c1ccccc1)(ONC=O)c1cccc2ccccc12. The van der Waals surface area contributed by atoms with Crippen LogP contribution in [0.5, 0.6) is 0 Å². The second-order valence-corrected chi connectivity index (χ2v) is 7.51. The highest BCUT2D eigenvalue weighted by atomic mass is 16.7. The Balaban J connectivity index is 1.62. The number of rotatable bonds is 12. The highest BCUT2D eigenvalue weighted by molar-refractivity contribution is 5.95. The zero-order valence-corrected chi connectivity index (χ0v) is 17.4. The fourth-order valence-corrected chi connectivity index (χ4v) is 3.86. The molecule has 0 spiro atoms. The number of carbonyl (C=O) groups excluding carboxylic acids is 2. The van der Waals surface area contributed by atoms with Gasteiger partial charge in [0.15, 0.2) is 5.78 Å². The predicted molar refractivity (Wildman–Crippen MR) is 120 cm³/mol. The minimum absolute atomic E-state index is 0.154. The number of hydrogen-bond donors (Lipinski definition) is 1. The molecule has 0 heterocycles. The first-order valence-electron chi connectivity index (χ1n) is 10.5. The molecule has 0 saturated carbocycles. The van der Waals surface area contributed by atoms with Crippen molar-refractivity contribution >= 4 is 23.0 Å². The van der Waals surface area contributed by atoms with Gasteiger partial charge in [-0.05, 0) is 30.0 Å². The maximum absolute atomic E-state index is 12.2. The number of nitrogens with one attached hydrogen (secondary N) is 1. The fourth-order valence-electron chi connectivity index (χ4n) is 3.86. The van der Waals surface area contributed by atoms with Crippen molar-refractivity contribution in [1.82, 2.24) is 5.48 Å². The number of nitriles is 1. The number of hydroxylamine groups is 1. The van der Waals surface area contributed by atoms with Crippen molar-refractivity contribution in [3.63, 3.8) is 0 Å². The van der Waals surface area contributed by atoms with Crippen LogP contribution in [0, 0.1) is 11.3 Å². The van der Waals surface area contributed by atoms with E-state index >= 15 is 0 Å². The van der Waals surface area contributed by atoms with Crippen LogP contribution in [0.25, 0.3) is 10.8 Å². The Bertz CT molecular complexity index is 1050. The summed E-state index contributed by atoms with van der Waals surface area (Å²) in [4.78, 5) is 28.7. The molecule has 3 rings (SSSR count). The molecule has 1 N–H and O–H groups in total. The van der Waals surface area contributed by atoms with Crippen molar-refractivity contribution in [3.05, 3.63) is 83.9 Å². The van der Waals surface area contributed by atoms with Gasteiger partial charge in [0.25, 0.3) is 0 Å². The van der Waals surface area contributed by atoms with Gasteiger partial charge in [-0.25, -0.2) is 10.3 Å². The van der Waals surface area contributed by atoms with Crippen molar-refractivity contribution in [3.8, 4) is 6.07 Å². The number of benzene rings is 3. The van der Waals surface area contributed by atoms with Crippen molar-refractivity contribution < 1.29 is 14.4 Å². The summed E-state index contributed by atoms with van der Waals surface area (Å²) in [5, 5.41) is 12.0. The predicted octanol–water partition coefficient (Wildman–Crippen LogP) is 5.46. The first-order chi connectivity index (χ1) is 15.2. The molecule has 0 aliphatic carbocycles. The van der Waals surface area contributed by atoms with E-state index in [1.165, 1.54) is 0 Å². The number of nitrogens with zero attached hydrogens (tertiary/aromatic N) is 1. The minimum Gasteiger partial charge on any atom is -0.294 e. The summed E-state index contributed by atoms with van der Waals surface area (Å²) in [5.41, 5.74) is 2.45. The molecule has 3 aromatic rings. The molecule has 0 aliphatic rings. The molecule has 0 saturated heterocycles. The highest BCUT2D eigenvalue weighted by Crippen LogP contribution is 2.35. The lowest BCUT2D eigenvalue weighted by atomic mass is 9.86. The quantitative estimate of drug-likeness (QED) is 0.185. The number of fused-ring (bicyclic) bond motifs is 1. The second-order valence-electron chi connectivity index (χ2n) is 7.51. The summed E-state index contributed by atoms with van der Waals surface area (Å²) in [7, 11) is 0. The third-order valence-electron chi connectivity index (χ3n) is 5.47. The lowest BCUT2D eigenvalue weighted by Crippen LogP contribution is -2.34. The molecule has 0 fully saturated rings. The molecule has 0 bridgehead atoms. The molecule has 1 unspecified atom stereocenters. The van der Waals surface area contributed by atoms with Crippen molar-refractivity contribution in [2.24, 2.45) is 0 Å². The monoisotopic (exact) mass is 414 g/mol. The Morgan fingerprint density at radius 3 is 2.42 bits per heavy atom. The molecule has 5 nitrogen and oxygen atoms in total. The average molecular weight is 415 g/mol. The summed E-state index contributed by atoms with van der Waals surface area (Å²) in [6.45, 7) is 0. The van der Waals surface area contributed by atoms with E-state index in [0.29, 0.717) is 19.3 Å². The van der Waals surface area contributed by atoms with Crippen LogP contribution in [0.4, 0.5) is 0 Å². The topological polar surface area (TPSA) is 79.2 Å². The van der Waals surface area contributed by atoms with Gasteiger partial charge in [-0.15, -0.1) is 0 Å². The van der Waals surface area contributed by atoms with Crippen LogP contribution in [0.1, 0.15) is 54.4 Å². The zero-order chi connectivity index (χ0) is 21.9. The number of amides is 1. The van der Waals surface area contributed by atoms with Gasteiger partial charge in [0.2, 0.25) is 12.0 Å². The fraction of sp³-hybridized carbons (Fsp3) is 0.269. The molecule has 0 aliphatic heterocycles. The highest BCUT2D eigenvalue weighted by Gasteiger charge is 2.35. The lowest BCUT2D eigenvalue weighted by Gasteiger charge is -2.27. The van der Waals surface area contributed by atoms with Crippen LogP contribution in [-0.4, -0.2) is 12.2 Å². The van der Waals surface area contributed by atoms with E-state index in [2.05, 4.69) is 11.5 Å². The number of unbranched alkanes of at least 4 members (excludes halogenated alkanes) is 3. The molecule has 31 heavy (non-hydrogen) atoms. The van der Waals surface area contributed by atoms with Gasteiger partial charge in [-0.2, -0.15) is 5.26 Å². The normalized spacial score (nSPS) is 12.6. The van der Waals surface area contributed by atoms with Crippen molar-refractivity contribution in [2.45, 2.75) is 44.1 Å². The molecular weight excluding hydrogens is 388 g/mol. The Morgan fingerprint density at radius 1 is 0.935 bits per heavy atom. The molecule has 0 radical (unpaired) electrons. The van der Waals surface area contributed by atoms with Crippen LogP contribution in [0.3, 0.4) is 0 Å². The van der Waals surface area contributed by atoms with E-state index in [1.807, 2.05) is 72.8 Å². The van der Waals surface area contributed by atoms with Gasteiger partial charge in [-0.3, -0.25) is 9.59 Å². The van der Waals surface area contributed by atoms with E-state index in [-0.39, 0.29) is 5.78 Å². The largest absolute Gasteiger partial charge is 0.294 e. The van der Waals surface area contributed by atoms with Crippen molar-refractivity contribution in [2.75, 3.05) is 0 Å². The first kappa shape index (κ1) is 22.2.